The van der Waals surface area contributed by atoms with E-state index in [4.69, 9.17) is 25.8 Å². The molecule has 0 fully saturated rings. The van der Waals surface area contributed by atoms with Crippen molar-refractivity contribution in [3.63, 3.8) is 0 Å². The lowest BCUT2D eigenvalue weighted by atomic mass is 10.1. The van der Waals surface area contributed by atoms with Crippen LogP contribution in [0.15, 0.2) is 71.6 Å². The Labute approximate surface area is 264 Å². The van der Waals surface area contributed by atoms with Gasteiger partial charge in [0.2, 0.25) is 11.8 Å². The maximum absolute atomic E-state index is 14.2. The molecule has 2 amide bonds. The molecule has 0 saturated heterocycles. The number of rotatable bonds is 15. The standard InChI is InChI=1S/C32H40ClN3O7S/c1-7-22(3)34-32(38)23(4)35(20-24-9-11-25(33)12-10-24)31(37)21-36(26-13-15-27(16-14-26)43-8-2)44(39,40)28-17-18-29(41-5)30(19-28)42-6/h9-19,22-23H,7-8,20-21H2,1-6H3,(H,34,38)/t22-,23-/m1/s1. The van der Waals surface area contributed by atoms with E-state index in [2.05, 4.69) is 5.32 Å². The average molecular weight is 646 g/mol. The summed E-state index contributed by atoms with van der Waals surface area (Å²) in [6, 6.07) is 16.5. The van der Waals surface area contributed by atoms with Gasteiger partial charge in [-0.15, -0.1) is 0 Å². The number of amides is 2. The molecule has 0 radical (unpaired) electrons. The number of carbonyl (C=O) groups excluding carboxylic acids is 2. The topological polar surface area (TPSA) is 114 Å². The summed E-state index contributed by atoms with van der Waals surface area (Å²) in [6.45, 7) is 7.18. The fourth-order valence-electron chi connectivity index (χ4n) is 4.34. The Kier molecular flexibility index (Phi) is 12.3. The minimum absolute atomic E-state index is 0.0542. The van der Waals surface area contributed by atoms with Crippen LogP contribution in [0.4, 0.5) is 5.69 Å². The molecule has 0 unspecified atom stereocenters. The summed E-state index contributed by atoms with van der Waals surface area (Å²) in [5.74, 6) is 0.184. The van der Waals surface area contributed by atoms with Crippen LogP contribution in [0.3, 0.4) is 0 Å². The van der Waals surface area contributed by atoms with Crippen molar-refractivity contribution >= 4 is 39.1 Å². The lowest BCUT2D eigenvalue weighted by Gasteiger charge is -2.32. The highest BCUT2D eigenvalue weighted by Crippen LogP contribution is 2.33. The molecular formula is C32H40ClN3O7S. The van der Waals surface area contributed by atoms with Crippen LogP contribution in [0.25, 0.3) is 0 Å². The molecule has 3 aromatic carbocycles. The van der Waals surface area contributed by atoms with Crippen LogP contribution in [0.5, 0.6) is 17.2 Å². The first kappa shape index (κ1) is 34.5. The molecule has 0 heterocycles. The molecule has 0 spiro atoms. The lowest BCUT2D eigenvalue weighted by Crippen LogP contribution is -2.52. The third-order valence-electron chi connectivity index (χ3n) is 7.09. The summed E-state index contributed by atoms with van der Waals surface area (Å²) in [4.78, 5) is 28.6. The highest BCUT2D eigenvalue weighted by atomic mass is 35.5. The summed E-state index contributed by atoms with van der Waals surface area (Å²) in [5.41, 5.74) is 0.959. The van der Waals surface area contributed by atoms with Crippen molar-refractivity contribution in [3.8, 4) is 17.2 Å². The van der Waals surface area contributed by atoms with E-state index in [1.165, 1.54) is 37.3 Å². The number of carbonyl (C=O) groups is 2. The highest BCUT2D eigenvalue weighted by Gasteiger charge is 2.33. The van der Waals surface area contributed by atoms with Crippen LogP contribution in [0, 0.1) is 0 Å². The second kappa shape index (κ2) is 15.7. The van der Waals surface area contributed by atoms with Crippen LogP contribution >= 0.6 is 11.6 Å². The van der Waals surface area contributed by atoms with E-state index in [1.54, 1.807) is 55.5 Å². The largest absolute Gasteiger partial charge is 0.494 e. The van der Waals surface area contributed by atoms with Crippen LogP contribution in [-0.4, -0.2) is 64.6 Å². The van der Waals surface area contributed by atoms with E-state index in [9.17, 15) is 18.0 Å². The molecule has 0 aliphatic rings. The van der Waals surface area contributed by atoms with Gasteiger partial charge in [0.1, 0.15) is 18.3 Å². The Morgan fingerprint density at radius 2 is 1.55 bits per heavy atom. The number of methoxy groups -OCH3 is 2. The Morgan fingerprint density at radius 1 is 0.909 bits per heavy atom. The molecule has 44 heavy (non-hydrogen) atoms. The normalized spacial score (nSPS) is 12.5. The predicted molar refractivity (Wildman–Crippen MR) is 171 cm³/mol. The van der Waals surface area contributed by atoms with Gasteiger partial charge in [-0.05, 0) is 81.3 Å². The number of nitrogens with one attached hydrogen (secondary N) is 1. The van der Waals surface area contributed by atoms with Crippen molar-refractivity contribution in [3.05, 3.63) is 77.3 Å². The number of benzene rings is 3. The fourth-order valence-corrected chi connectivity index (χ4v) is 5.90. The molecule has 0 aliphatic carbocycles. The Hall–Kier alpha value is -3.96. The first-order valence-electron chi connectivity index (χ1n) is 14.3. The smallest absolute Gasteiger partial charge is 0.264 e. The molecule has 0 bridgehead atoms. The molecular weight excluding hydrogens is 606 g/mol. The maximum Gasteiger partial charge on any atom is 0.264 e. The molecule has 0 saturated carbocycles. The third kappa shape index (κ3) is 8.57. The summed E-state index contributed by atoms with van der Waals surface area (Å²) in [6.07, 6.45) is 0.707. The van der Waals surface area contributed by atoms with E-state index in [-0.39, 0.29) is 34.8 Å². The van der Waals surface area contributed by atoms with Gasteiger partial charge in [-0.1, -0.05) is 30.7 Å². The van der Waals surface area contributed by atoms with Crippen LogP contribution in [0.2, 0.25) is 5.02 Å². The molecule has 2 atom stereocenters. The van der Waals surface area contributed by atoms with Gasteiger partial charge in [0, 0.05) is 23.7 Å². The molecule has 12 heteroatoms. The fraction of sp³-hybridized carbons (Fsp3) is 0.375. The van der Waals surface area contributed by atoms with E-state index >= 15 is 0 Å². The minimum Gasteiger partial charge on any atom is -0.494 e. The summed E-state index contributed by atoms with van der Waals surface area (Å²) in [7, 11) is -1.47. The van der Waals surface area contributed by atoms with Crippen LogP contribution in [0.1, 0.15) is 39.7 Å². The van der Waals surface area contributed by atoms with Gasteiger partial charge >= 0.3 is 0 Å². The van der Waals surface area contributed by atoms with Gasteiger partial charge in [0.05, 0.1) is 31.4 Å². The Bertz CT molecular complexity index is 1520. The molecule has 3 rings (SSSR count). The number of sulfonamides is 1. The number of ether oxygens (including phenoxy) is 3. The lowest BCUT2D eigenvalue weighted by molar-refractivity contribution is -0.139. The predicted octanol–water partition coefficient (Wildman–Crippen LogP) is 5.28. The molecule has 10 nitrogen and oxygen atoms in total. The molecule has 0 aromatic heterocycles. The summed E-state index contributed by atoms with van der Waals surface area (Å²) >= 11 is 6.07. The van der Waals surface area contributed by atoms with Crippen molar-refractivity contribution < 1.29 is 32.2 Å². The van der Waals surface area contributed by atoms with Gasteiger partial charge < -0.3 is 24.4 Å². The van der Waals surface area contributed by atoms with Gasteiger partial charge in [0.25, 0.3) is 10.0 Å². The van der Waals surface area contributed by atoms with E-state index in [0.717, 1.165) is 9.87 Å². The van der Waals surface area contributed by atoms with Gasteiger partial charge in [-0.25, -0.2) is 8.42 Å². The molecule has 0 aliphatic heterocycles. The first-order chi connectivity index (χ1) is 20.9. The second-order valence-electron chi connectivity index (χ2n) is 10.1. The van der Waals surface area contributed by atoms with Crippen LogP contribution < -0.4 is 23.8 Å². The van der Waals surface area contributed by atoms with E-state index < -0.39 is 28.5 Å². The van der Waals surface area contributed by atoms with Crippen molar-refractivity contribution in [1.82, 2.24) is 10.2 Å². The number of anilines is 1. The maximum atomic E-state index is 14.2. The monoisotopic (exact) mass is 645 g/mol. The zero-order valence-electron chi connectivity index (χ0n) is 25.9. The van der Waals surface area contributed by atoms with Crippen LogP contribution in [-0.2, 0) is 26.2 Å². The quantitative estimate of drug-likeness (QED) is 0.239. The SMILES string of the molecule is CCOc1ccc(N(CC(=O)N(Cc2ccc(Cl)cc2)[C@H](C)C(=O)N[C@H](C)CC)S(=O)(=O)c2ccc(OC)c(OC)c2)cc1. The van der Waals surface area contributed by atoms with Crippen molar-refractivity contribution in [2.45, 2.75) is 57.6 Å². The highest BCUT2D eigenvalue weighted by molar-refractivity contribution is 7.92. The Balaban J connectivity index is 2.07. The summed E-state index contributed by atoms with van der Waals surface area (Å²) < 4.78 is 45.5. The van der Waals surface area contributed by atoms with Gasteiger partial charge in [0.15, 0.2) is 11.5 Å². The zero-order valence-corrected chi connectivity index (χ0v) is 27.4. The van der Waals surface area contributed by atoms with E-state index in [1.807, 2.05) is 20.8 Å². The van der Waals surface area contributed by atoms with Crippen molar-refractivity contribution in [2.24, 2.45) is 0 Å². The third-order valence-corrected chi connectivity index (χ3v) is 9.11. The van der Waals surface area contributed by atoms with Gasteiger partial charge in [-0.3, -0.25) is 13.9 Å². The number of nitrogens with zero attached hydrogens (tertiary/aromatic N) is 2. The number of hydrogen-bond acceptors (Lipinski definition) is 7. The van der Waals surface area contributed by atoms with E-state index in [0.29, 0.717) is 29.5 Å². The molecule has 238 valence electrons. The molecule has 3 aromatic rings. The Morgan fingerprint density at radius 3 is 2.11 bits per heavy atom. The first-order valence-corrected chi connectivity index (χ1v) is 16.1. The molecule has 1 N–H and O–H groups in total. The minimum atomic E-state index is -4.32. The average Bonchev–Trinajstić information content (AvgIpc) is 3.02. The van der Waals surface area contributed by atoms with Crippen molar-refractivity contribution in [1.29, 1.82) is 0 Å². The van der Waals surface area contributed by atoms with Crippen molar-refractivity contribution in [2.75, 3.05) is 31.7 Å². The number of hydrogen-bond donors (Lipinski definition) is 1. The summed E-state index contributed by atoms with van der Waals surface area (Å²) in [5, 5.41) is 3.44. The zero-order chi connectivity index (χ0) is 32.4. The van der Waals surface area contributed by atoms with Gasteiger partial charge in [-0.2, -0.15) is 0 Å². The second-order valence-corrected chi connectivity index (χ2v) is 12.4. The number of halogens is 1.